The Hall–Kier alpha value is -1.11. The fourth-order valence-electron chi connectivity index (χ4n) is 1.07. The van der Waals surface area contributed by atoms with Crippen LogP contribution in [-0.4, -0.2) is 18.5 Å². The largest absolute Gasteiger partial charge is 0.456 e. The first-order valence-electron chi connectivity index (χ1n) is 4.68. The smallest absolute Gasteiger partial charge is 0.303 e. The van der Waals surface area contributed by atoms with Crippen LogP contribution < -0.4 is 5.32 Å². The summed E-state index contributed by atoms with van der Waals surface area (Å²) in [6.07, 6.45) is 0. The van der Waals surface area contributed by atoms with Gasteiger partial charge < -0.3 is 10.1 Å². The van der Waals surface area contributed by atoms with E-state index in [9.17, 15) is 9.59 Å². The van der Waals surface area contributed by atoms with Crippen molar-refractivity contribution in [3.8, 4) is 0 Å². The molecule has 1 aromatic carbocycles. The maximum atomic E-state index is 11.4. The maximum absolute atomic E-state index is 11.4. The van der Waals surface area contributed by atoms with E-state index in [1.54, 1.807) is 0 Å². The second kappa shape index (κ2) is 5.83. The lowest BCUT2D eigenvalue weighted by molar-refractivity contribution is -0.144. The van der Waals surface area contributed by atoms with Gasteiger partial charge in [0.15, 0.2) is 6.61 Å². The Labute approximate surface area is 108 Å². The molecule has 1 N–H and O–H groups in total. The Morgan fingerprint density at radius 2 is 2.12 bits per heavy atom. The molecule has 0 fully saturated rings. The van der Waals surface area contributed by atoms with Crippen LogP contribution >= 0.6 is 22.6 Å². The van der Waals surface area contributed by atoms with Crippen molar-refractivity contribution >= 4 is 40.2 Å². The normalized spacial score (nSPS) is 9.69. The van der Waals surface area contributed by atoms with Gasteiger partial charge in [0.2, 0.25) is 0 Å². The van der Waals surface area contributed by atoms with Crippen LogP contribution in [0, 0.1) is 10.5 Å². The van der Waals surface area contributed by atoms with E-state index in [2.05, 4.69) is 32.6 Å². The number of ether oxygens (including phenoxy) is 1. The van der Waals surface area contributed by atoms with Gasteiger partial charge in [0.1, 0.15) is 0 Å². The van der Waals surface area contributed by atoms with E-state index < -0.39 is 5.97 Å². The van der Waals surface area contributed by atoms with Crippen molar-refractivity contribution in [2.45, 2.75) is 13.8 Å². The van der Waals surface area contributed by atoms with Crippen molar-refractivity contribution in [2.75, 3.05) is 11.9 Å². The van der Waals surface area contributed by atoms with Gasteiger partial charge in [-0.15, -0.1) is 0 Å². The first kappa shape index (κ1) is 13.0. The molecule has 0 aliphatic carbocycles. The minimum absolute atomic E-state index is 0.251. The first-order valence-corrected chi connectivity index (χ1v) is 5.76. The lowest BCUT2D eigenvalue weighted by Gasteiger charge is -2.07. The first-order chi connectivity index (χ1) is 7.49. The van der Waals surface area contributed by atoms with Gasteiger partial charge in [-0.3, -0.25) is 9.59 Å². The number of carbonyl (C=O) groups excluding carboxylic acids is 2. The number of benzene rings is 1. The molecule has 0 spiro atoms. The number of hydrogen-bond acceptors (Lipinski definition) is 3. The number of esters is 1. The molecule has 0 bridgehead atoms. The molecular formula is C11H12INO3. The fourth-order valence-corrected chi connectivity index (χ4v) is 1.88. The summed E-state index contributed by atoms with van der Waals surface area (Å²) in [5, 5.41) is 2.67. The van der Waals surface area contributed by atoms with Gasteiger partial charge in [-0.05, 0) is 47.2 Å². The minimum Gasteiger partial charge on any atom is -0.456 e. The van der Waals surface area contributed by atoms with E-state index in [0.29, 0.717) is 0 Å². The molecule has 0 radical (unpaired) electrons. The molecular weight excluding hydrogens is 321 g/mol. The highest BCUT2D eigenvalue weighted by molar-refractivity contribution is 14.1. The Kier molecular flexibility index (Phi) is 4.72. The summed E-state index contributed by atoms with van der Waals surface area (Å²) in [6, 6.07) is 5.69. The molecule has 4 nitrogen and oxygen atoms in total. The highest BCUT2D eigenvalue weighted by Crippen LogP contribution is 2.19. The van der Waals surface area contributed by atoms with Crippen LogP contribution in [-0.2, 0) is 14.3 Å². The molecule has 0 aliphatic rings. The number of rotatable bonds is 3. The van der Waals surface area contributed by atoms with Gasteiger partial charge in [0.25, 0.3) is 5.91 Å². The molecule has 0 saturated heterocycles. The second-order valence-electron chi connectivity index (χ2n) is 3.31. The second-order valence-corrected chi connectivity index (χ2v) is 4.47. The Bertz CT molecular complexity index is 418. The molecule has 0 saturated carbocycles. The quantitative estimate of drug-likeness (QED) is 0.681. The van der Waals surface area contributed by atoms with E-state index >= 15 is 0 Å². The summed E-state index contributed by atoms with van der Waals surface area (Å²) in [7, 11) is 0. The molecule has 1 amide bonds. The van der Waals surface area contributed by atoms with Gasteiger partial charge in [0, 0.05) is 10.5 Å². The van der Waals surface area contributed by atoms with E-state index in [4.69, 9.17) is 0 Å². The van der Waals surface area contributed by atoms with E-state index in [1.165, 1.54) is 6.92 Å². The van der Waals surface area contributed by atoms with E-state index in [0.717, 1.165) is 14.8 Å². The molecule has 86 valence electrons. The molecule has 0 atom stereocenters. The van der Waals surface area contributed by atoms with Gasteiger partial charge in [-0.2, -0.15) is 0 Å². The zero-order valence-corrected chi connectivity index (χ0v) is 11.2. The van der Waals surface area contributed by atoms with Crippen molar-refractivity contribution in [3.63, 3.8) is 0 Å². The van der Waals surface area contributed by atoms with Crippen molar-refractivity contribution in [1.82, 2.24) is 0 Å². The standard InChI is InChI=1S/C11H12INO3/c1-7-3-4-10(9(12)5-7)13-11(15)6-16-8(2)14/h3-5H,6H2,1-2H3,(H,13,15). The van der Waals surface area contributed by atoms with Crippen molar-refractivity contribution in [1.29, 1.82) is 0 Å². The van der Waals surface area contributed by atoms with Crippen LogP contribution in [0.25, 0.3) is 0 Å². The Morgan fingerprint density at radius 1 is 1.44 bits per heavy atom. The molecule has 5 heteroatoms. The fraction of sp³-hybridized carbons (Fsp3) is 0.273. The van der Waals surface area contributed by atoms with Gasteiger partial charge in [-0.25, -0.2) is 0 Å². The lowest BCUT2D eigenvalue weighted by atomic mass is 10.2. The topological polar surface area (TPSA) is 55.4 Å². The molecule has 16 heavy (non-hydrogen) atoms. The van der Waals surface area contributed by atoms with E-state index in [1.807, 2.05) is 25.1 Å². The summed E-state index contributed by atoms with van der Waals surface area (Å²) < 4.78 is 5.54. The molecule has 0 unspecified atom stereocenters. The third-order valence-electron chi connectivity index (χ3n) is 1.81. The van der Waals surface area contributed by atoms with Crippen molar-refractivity contribution in [3.05, 3.63) is 27.3 Å². The minimum atomic E-state index is -0.464. The summed E-state index contributed by atoms with van der Waals surface area (Å²) in [5.74, 6) is -0.800. The number of amides is 1. The molecule has 0 aromatic heterocycles. The predicted molar refractivity (Wildman–Crippen MR) is 69.2 cm³/mol. The zero-order valence-electron chi connectivity index (χ0n) is 9.04. The average molecular weight is 333 g/mol. The summed E-state index contributed by atoms with van der Waals surface area (Å²) >= 11 is 2.14. The summed E-state index contributed by atoms with van der Waals surface area (Å²) in [5.41, 5.74) is 1.85. The molecule has 1 rings (SSSR count). The molecule has 0 aliphatic heterocycles. The number of anilines is 1. The third-order valence-corrected chi connectivity index (χ3v) is 2.70. The van der Waals surface area contributed by atoms with Gasteiger partial charge >= 0.3 is 5.97 Å². The summed E-state index contributed by atoms with van der Waals surface area (Å²) in [4.78, 5) is 21.9. The van der Waals surface area contributed by atoms with Crippen LogP contribution in [0.4, 0.5) is 5.69 Å². The number of hydrogen-bond donors (Lipinski definition) is 1. The monoisotopic (exact) mass is 333 g/mol. The van der Waals surface area contributed by atoms with Gasteiger partial charge in [-0.1, -0.05) is 6.07 Å². The Morgan fingerprint density at radius 3 is 2.69 bits per heavy atom. The van der Waals surface area contributed by atoms with Crippen LogP contribution in [0.5, 0.6) is 0 Å². The van der Waals surface area contributed by atoms with Crippen molar-refractivity contribution in [2.24, 2.45) is 0 Å². The van der Waals surface area contributed by atoms with Crippen molar-refractivity contribution < 1.29 is 14.3 Å². The zero-order chi connectivity index (χ0) is 12.1. The number of aryl methyl sites for hydroxylation is 1. The number of halogens is 1. The lowest BCUT2D eigenvalue weighted by Crippen LogP contribution is -2.20. The maximum Gasteiger partial charge on any atom is 0.303 e. The number of carbonyl (C=O) groups is 2. The SMILES string of the molecule is CC(=O)OCC(=O)Nc1ccc(C)cc1I. The third kappa shape index (κ3) is 4.18. The number of nitrogens with one attached hydrogen (secondary N) is 1. The highest BCUT2D eigenvalue weighted by atomic mass is 127. The highest BCUT2D eigenvalue weighted by Gasteiger charge is 2.06. The van der Waals surface area contributed by atoms with Crippen LogP contribution in [0.2, 0.25) is 0 Å². The van der Waals surface area contributed by atoms with Crippen LogP contribution in [0.15, 0.2) is 18.2 Å². The Balaban J connectivity index is 2.59. The van der Waals surface area contributed by atoms with Crippen LogP contribution in [0.1, 0.15) is 12.5 Å². The predicted octanol–water partition coefficient (Wildman–Crippen LogP) is 2.10. The van der Waals surface area contributed by atoms with Gasteiger partial charge in [0.05, 0.1) is 5.69 Å². The summed E-state index contributed by atoms with van der Waals surface area (Å²) in [6.45, 7) is 2.99. The van der Waals surface area contributed by atoms with E-state index in [-0.39, 0.29) is 12.5 Å². The molecule has 1 aromatic rings. The average Bonchev–Trinajstić information content (AvgIpc) is 2.19. The van der Waals surface area contributed by atoms with Crippen LogP contribution in [0.3, 0.4) is 0 Å². The molecule has 0 heterocycles.